The molecule has 3 nitrogen and oxygen atoms in total. The molecule has 0 saturated carbocycles. The minimum absolute atomic E-state index is 0.290. The van der Waals surface area contributed by atoms with E-state index in [2.05, 4.69) is 35.8 Å². The molecule has 0 atom stereocenters. The number of phenolic OH excluding ortho intramolecular Hbond substituents is 1. The second-order valence-electron chi connectivity index (χ2n) is 6.28. The van der Waals surface area contributed by atoms with E-state index in [0.29, 0.717) is 17.9 Å². The molecule has 1 aliphatic rings. The lowest BCUT2D eigenvalue weighted by Gasteiger charge is -2.19. The quantitative estimate of drug-likeness (QED) is 0.703. The van der Waals surface area contributed by atoms with Crippen LogP contribution in [-0.4, -0.2) is 15.4 Å². The van der Waals surface area contributed by atoms with Crippen molar-refractivity contribution in [2.24, 2.45) is 0 Å². The van der Waals surface area contributed by atoms with Gasteiger partial charge in [-0.25, -0.2) is 0 Å². The van der Waals surface area contributed by atoms with Crippen LogP contribution < -0.4 is 0 Å². The van der Waals surface area contributed by atoms with Gasteiger partial charge < -0.3 is 15.1 Å². The molecule has 0 bridgehead atoms. The summed E-state index contributed by atoms with van der Waals surface area (Å²) in [7, 11) is 0. The highest BCUT2D eigenvalue weighted by Crippen LogP contribution is 2.35. The number of nitrogens with zero attached hydrogens (tertiary/aromatic N) is 1. The Morgan fingerprint density at radius 3 is 2.62 bits per heavy atom. The number of aromatic hydroxyl groups is 1. The van der Waals surface area contributed by atoms with Crippen molar-refractivity contribution >= 4 is 22.7 Å². The number of nitrogens with one attached hydrogen (secondary N) is 1. The Balaban J connectivity index is 1.86. The standard InChI is InChI=1S/C21H20N2O/c1-2-23-19-9-5-4-8-16(19)17-12-14(13-18(22)21(17)23)11-15-7-3-6-10-20(15)24/h3-11,22,24H,2,12-13H2,1H3/b14-11+,22-18?. The third kappa shape index (κ3) is 2.24. The van der Waals surface area contributed by atoms with E-state index in [9.17, 15) is 5.11 Å². The molecule has 4 rings (SSSR count). The summed E-state index contributed by atoms with van der Waals surface area (Å²) in [5.74, 6) is 0.290. The van der Waals surface area contributed by atoms with E-state index in [4.69, 9.17) is 5.41 Å². The number of phenols is 1. The maximum absolute atomic E-state index is 10.0. The molecule has 0 spiro atoms. The molecule has 0 saturated heterocycles. The van der Waals surface area contributed by atoms with Crippen molar-refractivity contribution in [2.45, 2.75) is 26.3 Å². The number of hydrogen-bond acceptors (Lipinski definition) is 2. The van der Waals surface area contributed by atoms with Gasteiger partial charge in [-0.2, -0.15) is 0 Å². The van der Waals surface area contributed by atoms with E-state index >= 15 is 0 Å². The topological polar surface area (TPSA) is 49.0 Å². The van der Waals surface area contributed by atoms with Crippen LogP contribution in [-0.2, 0) is 13.0 Å². The summed E-state index contributed by atoms with van der Waals surface area (Å²) >= 11 is 0. The summed E-state index contributed by atoms with van der Waals surface area (Å²) in [5, 5.41) is 19.8. The summed E-state index contributed by atoms with van der Waals surface area (Å²) in [5.41, 5.74) is 6.18. The molecule has 3 aromatic rings. The average Bonchev–Trinajstić information content (AvgIpc) is 2.91. The molecular formula is C21H20N2O. The lowest BCUT2D eigenvalue weighted by atomic mass is 9.88. The highest BCUT2D eigenvalue weighted by Gasteiger charge is 2.25. The Labute approximate surface area is 141 Å². The van der Waals surface area contributed by atoms with Gasteiger partial charge in [0.25, 0.3) is 0 Å². The van der Waals surface area contributed by atoms with Crippen molar-refractivity contribution in [1.29, 1.82) is 5.41 Å². The van der Waals surface area contributed by atoms with Crippen LogP contribution in [0, 0.1) is 5.41 Å². The maximum Gasteiger partial charge on any atom is 0.122 e. The minimum Gasteiger partial charge on any atom is -0.507 e. The third-order valence-corrected chi connectivity index (χ3v) is 4.78. The highest BCUT2D eigenvalue weighted by molar-refractivity contribution is 6.07. The van der Waals surface area contributed by atoms with Gasteiger partial charge in [0.15, 0.2) is 0 Å². The van der Waals surface area contributed by atoms with Crippen LogP contribution in [0.4, 0.5) is 0 Å². The Morgan fingerprint density at radius 1 is 1.08 bits per heavy atom. The summed E-state index contributed by atoms with van der Waals surface area (Å²) < 4.78 is 2.25. The number of aryl methyl sites for hydroxylation is 1. The first-order chi connectivity index (χ1) is 11.7. The van der Waals surface area contributed by atoms with Crippen LogP contribution in [0.1, 0.15) is 30.2 Å². The molecule has 1 aliphatic carbocycles. The van der Waals surface area contributed by atoms with Crippen LogP contribution in [0.2, 0.25) is 0 Å². The van der Waals surface area contributed by atoms with Gasteiger partial charge in [-0.05, 0) is 31.0 Å². The monoisotopic (exact) mass is 316 g/mol. The molecule has 24 heavy (non-hydrogen) atoms. The van der Waals surface area contributed by atoms with Gasteiger partial charge in [0.05, 0.1) is 11.4 Å². The molecule has 0 aliphatic heterocycles. The molecule has 1 heterocycles. The maximum atomic E-state index is 10.0. The number of rotatable bonds is 2. The SMILES string of the molecule is CCn1c2c(c3ccccc31)C/C(=C\c1ccccc1O)CC2=N. The van der Waals surface area contributed by atoms with E-state index in [1.54, 1.807) is 6.07 Å². The first-order valence-corrected chi connectivity index (χ1v) is 8.34. The zero-order valence-electron chi connectivity index (χ0n) is 13.7. The highest BCUT2D eigenvalue weighted by atomic mass is 16.3. The second-order valence-corrected chi connectivity index (χ2v) is 6.28. The van der Waals surface area contributed by atoms with Crippen molar-refractivity contribution < 1.29 is 5.11 Å². The van der Waals surface area contributed by atoms with Gasteiger partial charge in [0.1, 0.15) is 5.75 Å². The molecule has 0 radical (unpaired) electrons. The summed E-state index contributed by atoms with van der Waals surface area (Å²) in [6.45, 7) is 3.00. The zero-order valence-corrected chi connectivity index (χ0v) is 13.7. The number of fused-ring (bicyclic) bond motifs is 3. The van der Waals surface area contributed by atoms with E-state index in [-0.39, 0.29) is 0 Å². The fraction of sp³-hybridized carbons (Fsp3) is 0.190. The number of aromatic nitrogens is 1. The van der Waals surface area contributed by atoms with Crippen molar-refractivity contribution in [1.82, 2.24) is 4.57 Å². The van der Waals surface area contributed by atoms with Gasteiger partial charge in [-0.1, -0.05) is 48.0 Å². The first-order valence-electron chi connectivity index (χ1n) is 8.34. The van der Waals surface area contributed by atoms with Crippen molar-refractivity contribution in [3.63, 3.8) is 0 Å². The largest absolute Gasteiger partial charge is 0.507 e. The molecule has 0 unspecified atom stereocenters. The normalized spacial score (nSPS) is 15.9. The summed E-state index contributed by atoms with van der Waals surface area (Å²) in [6.07, 6.45) is 3.50. The van der Waals surface area contributed by atoms with Crippen LogP contribution in [0.15, 0.2) is 54.1 Å². The Bertz CT molecular complexity index is 979. The minimum atomic E-state index is 0.290. The summed E-state index contributed by atoms with van der Waals surface area (Å²) in [6, 6.07) is 15.8. The van der Waals surface area contributed by atoms with Gasteiger partial charge in [-0.3, -0.25) is 0 Å². The van der Waals surface area contributed by atoms with Crippen LogP contribution in [0.3, 0.4) is 0 Å². The van der Waals surface area contributed by atoms with E-state index < -0.39 is 0 Å². The number of para-hydroxylation sites is 2. The Kier molecular flexibility index (Phi) is 3.49. The Hall–Kier alpha value is -2.81. The molecule has 1 aromatic heterocycles. The van der Waals surface area contributed by atoms with E-state index in [1.165, 1.54) is 22.0 Å². The molecular weight excluding hydrogens is 296 g/mol. The number of allylic oxidation sites excluding steroid dienone is 1. The van der Waals surface area contributed by atoms with Crippen LogP contribution >= 0.6 is 0 Å². The van der Waals surface area contributed by atoms with Gasteiger partial charge >= 0.3 is 0 Å². The van der Waals surface area contributed by atoms with Gasteiger partial charge in [0.2, 0.25) is 0 Å². The fourth-order valence-electron chi connectivity index (χ4n) is 3.76. The molecule has 2 N–H and O–H groups in total. The predicted octanol–water partition coefficient (Wildman–Crippen LogP) is 4.76. The number of benzene rings is 2. The second kappa shape index (κ2) is 5.68. The average molecular weight is 316 g/mol. The van der Waals surface area contributed by atoms with Gasteiger partial charge in [-0.15, -0.1) is 0 Å². The van der Waals surface area contributed by atoms with Crippen molar-refractivity contribution in [3.8, 4) is 5.75 Å². The molecule has 3 heteroatoms. The molecule has 2 aromatic carbocycles. The zero-order chi connectivity index (χ0) is 16.7. The van der Waals surface area contributed by atoms with Crippen LogP contribution in [0.25, 0.3) is 17.0 Å². The third-order valence-electron chi connectivity index (χ3n) is 4.78. The smallest absolute Gasteiger partial charge is 0.122 e. The fourth-order valence-corrected chi connectivity index (χ4v) is 3.76. The molecule has 0 fully saturated rings. The van der Waals surface area contributed by atoms with Crippen molar-refractivity contribution in [2.75, 3.05) is 0 Å². The molecule has 0 amide bonds. The van der Waals surface area contributed by atoms with Crippen LogP contribution in [0.5, 0.6) is 5.75 Å². The lowest BCUT2D eigenvalue weighted by Crippen LogP contribution is -2.16. The van der Waals surface area contributed by atoms with E-state index in [1.807, 2.05) is 24.3 Å². The Morgan fingerprint density at radius 2 is 1.83 bits per heavy atom. The molecule has 120 valence electrons. The van der Waals surface area contributed by atoms with Crippen molar-refractivity contribution in [3.05, 3.63) is 70.9 Å². The lowest BCUT2D eigenvalue weighted by molar-refractivity contribution is 0.474. The number of hydrogen-bond donors (Lipinski definition) is 2. The summed E-state index contributed by atoms with van der Waals surface area (Å²) in [4.78, 5) is 0. The first kappa shape index (κ1) is 14.8. The van der Waals surface area contributed by atoms with Gasteiger partial charge in [0, 0.05) is 29.4 Å². The van der Waals surface area contributed by atoms with E-state index in [0.717, 1.165) is 24.2 Å². The predicted molar refractivity (Wildman–Crippen MR) is 98.8 cm³/mol.